The fourth-order valence-corrected chi connectivity index (χ4v) is 0.424. The third kappa shape index (κ3) is 2.46. The average molecular weight is 183 g/mol. The van der Waals surface area contributed by atoms with Gasteiger partial charge in [0.15, 0.2) is 0 Å². The van der Waals surface area contributed by atoms with Crippen LogP contribution < -0.4 is 0 Å². The maximum Gasteiger partial charge on any atom is 0.352 e. The molecule has 0 aliphatic rings. The van der Waals surface area contributed by atoms with Crippen LogP contribution in [0.4, 0.5) is 4.39 Å². The fraction of sp³-hybridized carbons (Fsp3) is 0.667. The molecule has 3 nitrogen and oxygen atoms in total. The zero-order valence-electron chi connectivity index (χ0n) is 6.19. The van der Waals surface area contributed by atoms with Gasteiger partial charge in [0.2, 0.25) is 0 Å². The highest BCUT2D eigenvalue weighted by Gasteiger charge is 2.41. The van der Waals surface area contributed by atoms with Crippen LogP contribution in [-0.2, 0) is 14.3 Å². The lowest BCUT2D eigenvalue weighted by Crippen LogP contribution is -2.37. The predicted octanol–water partition coefficient (Wildman–Crippen LogP) is 1.04. The van der Waals surface area contributed by atoms with Gasteiger partial charge in [-0.2, -0.15) is 0 Å². The van der Waals surface area contributed by atoms with Crippen LogP contribution >= 0.6 is 11.6 Å². The van der Waals surface area contributed by atoms with Crippen molar-refractivity contribution in [3.8, 4) is 0 Å². The number of carbonyl (C=O) groups excluding carboxylic acids is 2. The van der Waals surface area contributed by atoms with E-state index in [1.165, 1.54) is 6.92 Å². The minimum absolute atomic E-state index is 0.0164. The molecule has 0 aromatic heterocycles. The van der Waals surface area contributed by atoms with Gasteiger partial charge < -0.3 is 4.74 Å². The monoisotopic (exact) mass is 182 g/mol. The topological polar surface area (TPSA) is 43.4 Å². The van der Waals surface area contributed by atoms with Gasteiger partial charge in [0.25, 0.3) is 10.9 Å². The Hall–Kier alpha value is -0.640. The summed E-state index contributed by atoms with van der Waals surface area (Å²) in [5.41, 5.74) is -2.72. The zero-order chi connectivity index (χ0) is 9.07. The molecule has 0 unspecified atom stereocenters. The molecule has 0 radical (unpaired) electrons. The van der Waals surface area contributed by atoms with Crippen molar-refractivity contribution in [2.45, 2.75) is 19.5 Å². The lowest BCUT2D eigenvalue weighted by molar-refractivity contribution is -0.158. The Kier molecular flexibility index (Phi) is 3.45. The maximum atomic E-state index is 12.8. The second kappa shape index (κ2) is 3.67. The van der Waals surface area contributed by atoms with Gasteiger partial charge in [-0.15, -0.1) is 0 Å². The summed E-state index contributed by atoms with van der Waals surface area (Å²) in [4.78, 5) is 20.9. The number of esters is 1. The number of rotatable bonds is 3. The molecule has 0 fully saturated rings. The first-order valence-electron chi connectivity index (χ1n) is 2.99. The first-order chi connectivity index (χ1) is 4.92. The van der Waals surface area contributed by atoms with Gasteiger partial charge >= 0.3 is 5.97 Å². The van der Waals surface area contributed by atoms with Gasteiger partial charge in [-0.1, -0.05) is 0 Å². The van der Waals surface area contributed by atoms with E-state index in [-0.39, 0.29) is 6.61 Å². The summed E-state index contributed by atoms with van der Waals surface area (Å²) in [6.45, 7) is 2.29. The van der Waals surface area contributed by atoms with E-state index < -0.39 is 16.9 Å². The van der Waals surface area contributed by atoms with Gasteiger partial charge in [-0.3, -0.25) is 4.79 Å². The van der Waals surface area contributed by atoms with Crippen molar-refractivity contribution in [2.24, 2.45) is 0 Å². The van der Waals surface area contributed by atoms with Crippen LogP contribution in [0.15, 0.2) is 0 Å². The summed E-state index contributed by atoms with van der Waals surface area (Å²) in [7, 11) is 0. The number of halogens is 2. The summed E-state index contributed by atoms with van der Waals surface area (Å²) in [6.07, 6.45) is 0. The molecule has 5 heteroatoms. The van der Waals surface area contributed by atoms with Crippen molar-refractivity contribution in [1.29, 1.82) is 0 Å². The molecule has 0 rings (SSSR count). The third-order valence-corrected chi connectivity index (χ3v) is 1.38. The zero-order valence-corrected chi connectivity index (χ0v) is 6.94. The molecule has 0 N–H and O–H groups in total. The maximum absolute atomic E-state index is 12.8. The van der Waals surface area contributed by atoms with E-state index >= 15 is 0 Å². The Morgan fingerprint density at radius 3 is 2.36 bits per heavy atom. The normalized spacial score (nSPS) is 15.3. The van der Waals surface area contributed by atoms with Crippen LogP contribution in [0.5, 0.6) is 0 Å². The van der Waals surface area contributed by atoms with E-state index in [2.05, 4.69) is 4.74 Å². The highest BCUT2D eigenvalue weighted by molar-refractivity contribution is 6.67. The van der Waals surface area contributed by atoms with Crippen LogP contribution in [0.1, 0.15) is 13.8 Å². The quantitative estimate of drug-likeness (QED) is 0.372. The average Bonchev–Trinajstić information content (AvgIpc) is 1.88. The minimum atomic E-state index is -2.72. The van der Waals surface area contributed by atoms with E-state index in [0.29, 0.717) is 0 Å². The molecule has 0 heterocycles. The van der Waals surface area contributed by atoms with Crippen molar-refractivity contribution in [2.75, 3.05) is 6.61 Å². The van der Waals surface area contributed by atoms with Crippen molar-refractivity contribution >= 4 is 22.8 Å². The second-order valence-electron chi connectivity index (χ2n) is 2.00. The third-order valence-electron chi connectivity index (χ3n) is 1.03. The van der Waals surface area contributed by atoms with Gasteiger partial charge in [0.1, 0.15) is 0 Å². The molecule has 0 spiro atoms. The molecule has 0 amide bonds. The minimum Gasteiger partial charge on any atom is -0.463 e. The summed E-state index contributed by atoms with van der Waals surface area (Å²) < 4.78 is 17.1. The van der Waals surface area contributed by atoms with Gasteiger partial charge in [0.05, 0.1) is 6.61 Å². The summed E-state index contributed by atoms with van der Waals surface area (Å²) in [6, 6.07) is 0. The molecule has 64 valence electrons. The van der Waals surface area contributed by atoms with Gasteiger partial charge in [0, 0.05) is 0 Å². The molecule has 0 saturated heterocycles. The Balaban J connectivity index is 4.30. The standard InChI is InChI=1S/C6H8ClFO3/c1-3-11-5(10)6(2,8)4(7)9/h3H2,1-2H3/t6-/m0/s1. The molecule has 0 saturated carbocycles. The number of hydrogen-bond donors (Lipinski definition) is 0. The van der Waals surface area contributed by atoms with Crippen LogP contribution in [0.2, 0.25) is 0 Å². The van der Waals surface area contributed by atoms with Gasteiger partial charge in [-0.05, 0) is 25.4 Å². The molecule has 0 aliphatic carbocycles. The molecular formula is C6H8ClFO3. The molecule has 11 heavy (non-hydrogen) atoms. The molecule has 1 atom stereocenters. The number of carbonyl (C=O) groups is 2. The Morgan fingerprint density at radius 1 is 1.64 bits per heavy atom. The van der Waals surface area contributed by atoms with Crippen molar-refractivity contribution < 1.29 is 18.7 Å². The molecule has 0 aromatic carbocycles. The van der Waals surface area contributed by atoms with Gasteiger partial charge in [-0.25, -0.2) is 9.18 Å². The molecular weight excluding hydrogens is 175 g/mol. The molecule has 0 aliphatic heterocycles. The predicted molar refractivity (Wildman–Crippen MR) is 37.0 cm³/mol. The lowest BCUT2D eigenvalue weighted by Gasteiger charge is -2.12. The molecule has 0 aromatic rings. The first kappa shape index (κ1) is 10.4. The van der Waals surface area contributed by atoms with E-state index in [1.807, 2.05) is 0 Å². The lowest BCUT2D eigenvalue weighted by atomic mass is 10.2. The highest BCUT2D eigenvalue weighted by Crippen LogP contribution is 2.15. The van der Waals surface area contributed by atoms with Crippen LogP contribution in [0, 0.1) is 0 Å². The Morgan fingerprint density at radius 2 is 2.09 bits per heavy atom. The van der Waals surface area contributed by atoms with Crippen molar-refractivity contribution in [3.63, 3.8) is 0 Å². The van der Waals surface area contributed by atoms with Crippen LogP contribution in [0.3, 0.4) is 0 Å². The van der Waals surface area contributed by atoms with Crippen LogP contribution in [0.25, 0.3) is 0 Å². The van der Waals surface area contributed by atoms with E-state index in [1.54, 1.807) is 0 Å². The smallest absolute Gasteiger partial charge is 0.352 e. The number of alkyl halides is 1. The van der Waals surface area contributed by atoms with Crippen molar-refractivity contribution in [1.82, 2.24) is 0 Å². The number of hydrogen-bond acceptors (Lipinski definition) is 3. The van der Waals surface area contributed by atoms with E-state index in [4.69, 9.17) is 11.6 Å². The first-order valence-corrected chi connectivity index (χ1v) is 3.36. The Bertz CT molecular complexity index is 179. The highest BCUT2D eigenvalue weighted by atomic mass is 35.5. The summed E-state index contributed by atoms with van der Waals surface area (Å²) >= 11 is 4.79. The van der Waals surface area contributed by atoms with Crippen LogP contribution in [-0.4, -0.2) is 23.5 Å². The van der Waals surface area contributed by atoms with E-state index in [0.717, 1.165) is 6.92 Å². The second-order valence-corrected chi connectivity index (χ2v) is 2.34. The largest absolute Gasteiger partial charge is 0.463 e. The van der Waals surface area contributed by atoms with Crippen molar-refractivity contribution in [3.05, 3.63) is 0 Å². The SMILES string of the molecule is CCOC(=O)[C@@](C)(F)C(=O)Cl. The molecule has 0 bridgehead atoms. The summed E-state index contributed by atoms with van der Waals surface area (Å²) in [5.74, 6) is -1.25. The number of ether oxygens (including phenoxy) is 1. The fourth-order valence-electron chi connectivity index (χ4n) is 0.347. The summed E-state index contributed by atoms with van der Waals surface area (Å²) in [5, 5.41) is -1.36. The Labute approximate surface area is 68.5 Å². The van der Waals surface area contributed by atoms with E-state index in [9.17, 15) is 14.0 Å².